The molecule has 152 valence electrons. The van der Waals surface area contributed by atoms with Crippen LogP contribution in [0.15, 0.2) is 24.3 Å². The van der Waals surface area contributed by atoms with Crippen LogP contribution in [0.5, 0.6) is 0 Å². The summed E-state index contributed by atoms with van der Waals surface area (Å²) < 4.78 is 4.73. The molecule has 0 aromatic carbocycles. The molecule has 2 heterocycles. The predicted octanol–water partition coefficient (Wildman–Crippen LogP) is 3.42. The predicted molar refractivity (Wildman–Crippen MR) is 111 cm³/mol. The fraction of sp³-hybridized carbons (Fsp3) is 0.545. The molecule has 0 spiro atoms. The number of hydrogen-bond donors (Lipinski definition) is 1. The van der Waals surface area contributed by atoms with E-state index in [1.165, 1.54) is 18.4 Å². The Morgan fingerprint density at radius 3 is 3.00 bits per heavy atom. The minimum atomic E-state index is -0.554. The van der Waals surface area contributed by atoms with E-state index in [1.807, 2.05) is 24.0 Å². The van der Waals surface area contributed by atoms with Crippen molar-refractivity contribution >= 4 is 23.2 Å². The number of thiophene rings is 1. The van der Waals surface area contributed by atoms with Crippen molar-refractivity contribution in [1.29, 1.82) is 0 Å². The Balaban J connectivity index is 1.86. The highest BCUT2D eigenvalue weighted by Gasteiger charge is 2.28. The topological polar surface area (TPSA) is 66.8 Å². The Hall–Kier alpha value is -2.10. The Bertz CT molecular complexity index is 758. The fourth-order valence-corrected chi connectivity index (χ4v) is 4.18. The van der Waals surface area contributed by atoms with Gasteiger partial charge in [0.25, 0.3) is 0 Å². The van der Waals surface area contributed by atoms with Crippen LogP contribution in [0.4, 0.5) is 0 Å². The van der Waals surface area contributed by atoms with Crippen molar-refractivity contribution in [1.82, 2.24) is 4.90 Å². The highest BCUT2D eigenvalue weighted by Crippen LogP contribution is 2.23. The second-order valence-electron chi connectivity index (χ2n) is 7.04. The van der Waals surface area contributed by atoms with Gasteiger partial charge in [0.05, 0.1) is 19.3 Å². The van der Waals surface area contributed by atoms with Gasteiger partial charge < -0.3 is 14.7 Å². The third-order valence-corrected chi connectivity index (χ3v) is 6.08. The van der Waals surface area contributed by atoms with Gasteiger partial charge in [-0.25, -0.2) is 4.79 Å². The average Bonchev–Trinajstić information content (AvgIpc) is 3.31. The summed E-state index contributed by atoms with van der Waals surface area (Å²) in [5.41, 5.74) is 0. The molecule has 0 aliphatic carbocycles. The van der Waals surface area contributed by atoms with Gasteiger partial charge >= 0.3 is 5.97 Å². The minimum absolute atomic E-state index is 0.0422. The monoisotopic (exact) mass is 403 g/mol. The summed E-state index contributed by atoms with van der Waals surface area (Å²) in [6.45, 7) is 4.44. The van der Waals surface area contributed by atoms with Gasteiger partial charge in [0.2, 0.25) is 5.91 Å². The lowest BCUT2D eigenvalue weighted by atomic mass is 10.00. The van der Waals surface area contributed by atoms with Crippen molar-refractivity contribution in [3.63, 3.8) is 0 Å². The molecule has 2 rings (SSSR count). The summed E-state index contributed by atoms with van der Waals surface area (Å²) in [6, 6.07) is 3.77. The molecule has 5 nitrogen and oxygen atoms in total. The van der Waals surface area contributed by atoms with E-state index in [2.05, 4.69) is 11.8 Å². The fourth-order valence-electron chi connectivity index (χ4n) is 3.21. The molecule has 1 N–H and O–H groups in total. The van der Waals surface area contributed by atoms with Crippen LogP contribution < -0.4 is 0 Å². The number of likely N-dealkylation sites (tertiary alicyclic amines) is 1. The van der Waals surface area contributed by atoms with E-state index in [0.29, 0.717) is 24.3 Å². The first-order valence-electron chi connectivity index (χ1n) is 9.68. The Morgan fingerprint density at radius 1 is 1.50 bits per heavy atom. The normalized spacial score (nSPS) is 18.8. The lowest BCUT2D eigenvalue weighted by Gasteiger charge is -2.23. The van der Waals surface area contributed by atoms with Gasteiger partial charge in [-0.1, -0.05) is 19.1 Å². The second kappa shape index (κ2) is 11.0. The van der Waals surface area contributed by atoms with Gasteiger partial charge in [-0.3, -0.25) is 4.79 Å². The van der Waals surface area contributed by atoms with E-state index in [-0.39, 0.29) is 23.8 Å². The van der Waals surface area contributed by atoms with Gasteiger partial charge in [0, 0.05) is 24.3 Å². The van der Waals surface area contributed by atoms with Crippen LogP contribution in [-0.4, -0.2) is 47.7 Å². The van der Waals surface area contributed by atoms with Gasteiger partial charge in [0.1, 0.15) is 4.88 Å². The highest BCUT2D eigenvalue weighted by molar-refractivity contribution is 7.13. The van der Waals surface area contributed by atoms with Crippen LogP contribution in [0.1, 0.15) is 54.1 Å². The maximum absolute atomic E-state index is 12.2. The molecule has 1 aromatic rings. The quantitative estimate of drug-likeness (QED) is 0.390. The first-order valence-corrected chi connectivity index (χ1v) is 10.5. The SMILES string of the molecule is CC#CC[C@H](C)[C@H](O)C=C[C@H]1CCC(=O)N1CCCc1ccc(C(=O)OC)s1. The van der Waals surface area contributed by atoms with Crippen molar-refractivity contribution in [3.8, 4) is 11.8 Å². The Morgan fingerprint density at radius 2 is 2.29 bits per heavy atom. The zero-order valence-corrected chi connectivity index (χ0v) is 17.6. The van der Waals surface area contributed by atoms with Crippen molar-refractivity contribution < 1.29 is 19.4 Å². The summed E-state index contributed by atoms with van der Waals surface area (Å²) >= 11 is 1.44. The van der Waals surface area contributed by atoms with E-state index in [0.717, 1.165) is 24.1 Å². The number of aliphatic hydroxyl groups excluding tert-OH is 1. The summed E-state index contributed by atoms with van der Waals surface area (Å²) in [6.07, 6.45) is 6.86. The Kier molecular flexibility index (Phi) is 8.75. The van der Waals surface area contributed by atoms with Crippen LogP contribution in [0, 0.1) is 17.8 Å². The van der Waals surface area contributed by atoms with Gasteiger partial charge in [-0.2, -0.15) is 0 Å². The van der Waals surface area contributed by atoms with Crippen LogP contribution in [0.3, 0.4) is 0 Å². The molecule has 3 atom stereocenters. The van der Waals surface area contributed by atoms with Crippen molar-refractivity contribution in [2.45, 2.75) is 58.1 Å². The third kappa shape index (κ3) is 6.22. The number of rotatable bonds is 9. The molecular formula is C22H29NO4S. The van der Waals surface area contributed by atoms with Gasteiger partial charge in [0.15, 0.2) is 0 Å². The molecular weight excluding hydrogens is 374 g/mol. The lowest BCUT2D eigenvalue weighted by Crippen LogP contribution is -2.33. The second-order valence-corrected chi connectivity index (χ2v) is 8.21. The Labute approximate surface area is 171 Å². The van der Waals surface area contributed by atoms with Crippen molar-refractivity contribution in [3.05, 3.63) is 34.0 Å². The number of nitrogens with zero attached hydrogens (tertiary/aromatic N) is 1. The zero-order valence-electron chi connectivity index (χ0n) is 16.8. The van der Waals surface area contributed by atoms with E-state index in [9.17, 15) is 14.7 Å². The number of hydrogen-bond acceptors (Lipinski definition) is 5. The number of esters is 1. The smallest absolute Gasteiger partial charge is 0.348 e. The maximum atomic E-state index is 12.2. The van der Waals surface area contributed by atoms with Crippen LogP contribution >= 0.6 is 11.3 Å². The summed E-state index contributed by atoms with van der Waals surface area (Å²) in [5, 5.41) is 10.3. The largest absolute Gasteiger partial charge is 0.465 e. The summed E-state index contributed by atoms with van der Waals surface area (Å²) in [4.78, 5) is 27.4. The third-order valence-electron chi connectivity index (χ3n) is 4.96. The maximum Gasteiger partial charge on any atom is 0.348 e. The average molecular weight is 404 g/mol. The number of carbonyl (C=O) groups is 2. The molecule has 0 bridgehead atoms. The number of aryl methyl sites for hydroxylation is 1. The minimum Gasteiger partial charge on any atom is -0.465 e. The number of amides is 1. The lowest BCUT2D eigenvalue weighted by molar-refractivity contribution is -0.128. The number of ether oxygens (including phenoxy) is 1. The molecule has 1 amide bonds. The van der Waals surface area contributed by atoms with Gasteiger partial charge in [-0.05, 0) is 44.2 Å². The molecule has 28 heavy (non-hydrogen) atoms. The molecule has 1 aliphatic heterocycles. The van der Waals surface area contributed by atoms with E-state index in [4.69, 9.17) is 4.74 Å². The van der Waals surface area contributed by atoms with Crippen LogP contribution in [-0.2, 0) is 16.0 Å². The number of methoxy groups -OCH3 is 1. The molecule has 0 unspecified atom stereocenters. The molecule has 1 saturated heterocycles. The standard InChI is InChI=1S/C22H29NO4S/c1-4-5-7-16(2)19(24)12-9-17-10-14-21(25)23(17)15-6-8-18-11-13-20(28-18)22(26)27-3/h9,11-13,16-17,19,24H,6-8,10,14-15H2,1-3H3/t16-,17-,19+/m0/s1. The van der Waals surface area contributed by atoms with Crippen molar-refractivity contribution in [2.75, 3.05) is 13.7 Å². The first-order chi connectivity index (χ1) is 13.5. The van der Waals surface area contributed by atoms with Crippen molar-refractivity contribution in [2.24, 2.45) is 5.92 Å². The first kappa shape index (κ1) is 22.2. The van der Waals surface area contributed by atoms with E-state index < -0.39 is 6.10 Å². The molecule has 0 radical (unpaired) electrons. The summed E-state index contributed by atoms with van der Waals surface area (Å²) in [7, 11) is 1.38. The van der Waals surface area contributed by atoms with E-state index in [1.54, 1.807) is 19.1 Å². The summed E-state index contributed by atoms with van der Waals surface area (Å²) in [5.74, 6) is 5.76. The molecule has 1 aliphatic rings. The molecule has 6 heteroatoms. The van der Waals surface area contributed by atoms with Gasteiger partial charge in [-0.15, -0.1) is 23.2 Å². The molecule has 0 saturated carbocycles. The van der Waals surface area contributed by atoms with Crippen LogP contribution in [0.25, 0.3) is 0 Å². The highest BCUT2D eigenvalue weighted by atomic mass is 32.1. The van der Waals surface area contributed by atoms with E-state index >= 15 is 0 Å². The molecule has 1 fully saturated rings. The zero-order chi connectivity index (χ0) is 20.5. The number of aliphatic hydroxyl groups is 1. The number of carbonyl (C=O) groups excluding carboxylic acids is 2. The molecule has 1 aromatic heterocycles. The van der Waals surface area contributed by atoms with Crippen LogP contribution in [0.2, 0.25) is 0 Å².